The molecule has 0 spiro atoms. The van der Waals surface area contributed by atoms with Crippen molar-refractivity contribution in [2.24, 2.45) is 4.99 Å². The number of hydrogen-bond donors (Lipinski definition) is 2. The van der Waals surface area contributed by atoms with Gasteiger partial charge in [-0.3, -0.25) is 4.99 Å². The van der Waals surface area contributed by atoms with E-state index in [0.29, 0.717) is 0 Å². The SMILES string of the molecule is CCCCOCCCNC(=NCC1(C)CCCO1)NCC.I. The Hall–Kier alpha value is -0.0800. The van der Waals surface area contributed by atoms with Crippen LogP contribution in [0, 0.1) is 0 Å². The first-order valence-electron chi connectivity index (χ1n) is 8.44. The van der Waals surface area contributed by atoms with E-state index in [-0.39, 0.29) is 29.6 Å². The van der Waals surface area contributed by atoms with Crippen LogP contribution in [-0.4, -0.2) is 51.0 Å². The highest BCUT2D eigenvalue weighted by Crippen LogP contribution is 2.24. The van der Waals surface area contributed by atoms with Gasteiger partial charge in [-0.2, -0.15) is 0 Å². The van der Waals surface area contributed by atoms with Crippen LogP contribution in [0.2, 0.25) is 0 Å². The molecule has 0 aromatic heterocycles. The first kappa shape index (κ1) is 21.9. The van der Waals surface area contributed by atoms with Gasteiger partial charge in [0.05, 0.1) is 12.1 Å². The zero-order chi connectivity index (χ0) is 15.4. The number of halogens is 1. The highest BCUT2D eigenvalue weighted by molar-refractivity contribution is 14.0. The summed E-state index contributed by atoms with van der Waals surface area (Å²) in [6, 6.07) is 0. The molecule has 0 radical (unpaired) electrons. The zero-order valence-corrected chi connectivity index (χ0v) is 16.8. The molecule has 1 aliphatic rings. The van der Waals surface area contributed by atoms with Crippen molar-refractivity contribution in [2.75, 3.05) is 39.5 Å². The van der Waals surface area contributed by atoms with Crippen molar-refractivity contribution in [2.45, 2.75) is 58.5 Å². The summed E-state index contributed by atoms with van der Waals surface area (Å²) >= 11 is 0. The lowest BCUT2D eigenvalue weighted by Gasteiger charge is -2.21. The molecule has 132 valence electrons. The number of hydrogen-bond acceptors (Lipinski definition) is 3. The van der Waals surface area contributed by atoms with Crippen molar-refractivity contribution in [3.05, 3.63) is 0 Å². The zero-order valence-electron chi connectivity index (χ0n) is 14.5. The molecular formula is C16H34IN3O2. The number of nitrogens with one attached hydrogen (secondary N) is 2. The standard InChI is InChI=1S/C16H33N3O2.HI/c1-4-6-11-20-12-8-10-18-15(17-5-2)19-14-16(3)9-7-13-21-16;/h4-14H2,1-3H3,(H2,17,18,19);1H. The van der Waals surface area contributed by atoms with Gasteiger partial charge in [-0.1, -0.05) is 13.3 Å². The van der Waals surface area contributed by atoms with Gasteiger partial charge in [0.2, 0.25) is 0 Å². The molecule has 22 heavy (non-hydrogen) atoms. The second-order valence-corrected chi connectivity index (χ2v) is 5.84. The second kappa shape index (κ2) is 13.4. The van der Waals surface area contributed by atoms with Crippen molar-refractivity contribution in [3.63, 3.8) is 0 Å². The maximum absolute atomic E-state index is 5.77. The summed E-state index contributed by atoms with van der Waals surface area (Å²) in [5.74, 6) is 0.878. The third-order valence-corrected chi connectivity index (χ3v) is 3.62. The normalized spacial score (nSPS) is 21.5. The summed E-state index contributed by atoms with van der Waals surface area (Å²) in [5.41, 5.74) is -0.0778. The topological polar surface area (TPSA) is 54.9 Å². The van der Waals surface area contributed by atoms with E-state index in [1.807, 2.05) is 0 Å². The van der Waals surface area contributed by atoms with Crippen LogP contribution >= 0.6 is 24.0 Å². The average molecular weight is 427 g/mol. The number of ether oxygens (including phenoxy) is 2. The molecule has 1 atom stereocenters. The van der Waals surface area contributed by atoms with Crippen LogP contribution in [0.5, 0.6) is 0 Å². The Morgan fingerprint density at radius 2 is 2.00 bits per heavy atom. The lowest BCUT2D eigenvalue weighted by molar-refractivity contribution is 0.0283. The number of nitrogens with zero attached hydrogens (tertiary/aromatic N) is 1. The van der Waals surface area contributed by atoms with E-state index >= 15 is 0 Å². The van der Waals surface area contributed by atoms with Gasteiger partial charge >= 0.3 is 0 Å². The predicted molar refractivity (Wildman–Crippen MR) is 103 cm³/mol. The fourth-order valence-corrected chi connectivity index (χ4v) is 2.28. The fraction of sp³-hybridized carbons (Fsp3) is 0.938. The van der Waals surface area contributed by atoms with Gasteiger partial charge < -0.3 is 20.1 Å². The minimum Gasteiger partial charge on any atom is -0.381 e. The first-order valence-corrected chi connectivity index (χ1v) is 8.44. The van der Waals surface area contributed by atoms with E-state index in [9.17, 15) is 0 Å². The number of guanidine groups is 1. The Morgan fingerprint density at radius 3 is 2.64 bits per heavy atom. The molecule has 0 bridgehead atoms. The van der Waals surface area contributed by atoms with Gasteiger partial charge in [-0.15, -0.1) is 24.0 Å². The van der Waals surface area contributed by atoms with Crippen molar-refractivity contribution in [3.8, 4) is 0 Å². The minimum absolute atomic E-state index is 0. The van der Waals surface area contributed by atoms with Crippen molar-refractivity contribution in [1.82, 2.24) is 10.6 Å². The fourth-order valence-electron chi connectivity index (χ4n) is 2.28. The van der Waals surface area contributed by atoms with Crippen LogP contribution in [-0.2, 0) is 9.47 Å². The molecule has 5 nitrogen and oxygen atoms in total. The Labute approximate surface area is 153 Å². The van der Waals surface area contributed by atoms with Gasteiger partial charge in [0.1, 0.15) is 0 Å². The monoisotopic (exact) mass is 427 g/mol. The Bertz CT molecular complexity index is 295. The Morgan fingerprint density at radius 1 is 1.23 bits per heavy atom. The molecule has 1 rings (SSSR count). The largest absolute Gasteiger partial charge is 0.381 e. The van der Waals surface area contributed by atoms with Gasteiger partial charge in [0.15, 0.2) is 5.96 Å². The van der Waals surface area contributed by atoms with E-state index in [2.05, 4.69) is 36.4 Å². The molecule has 0 aliphatic carbocycles. The number of rotatable bonds is 10. The van der Waals surface area contributed by atoms with Crippen molar-refractivity contribution >= 4 is 29.9 Å². The summed E-state index contributed by atoms with van der Waals surface area (Å²) in [7, 11) is 0. The molecular weight excluding hydrogens is 393 g/mol. The third kappa shape index (κ3) is 9.84. The van der Waals surface area contributed by atoms with Gasteiger partial charge in [0, 0.05) is 32.9 Å². The van der Waals surface area contributed by atoms with Crippen molar-refractivity contribution in [1.29, 1.82) is 0 Å². The van der Waals surface area contributed by atoms with Crippen LogP contribution in [0.4, 0.5) is 0 Å². The van der Waals surface area contributed by atoms with Crippen LogP contribution in [0.25, 0.3) is 0 Å². The van der Waals surface area contributed by atoms with Gasteiger partial charge in [0.25, 0.3) is 0 Å². The molecule has 1 saturated heterocycles. The first-order chi connectivity index (χ1) is 10.2. The van der Waals surface area contributed by atoms with Crippen LogP contribution in [0.1, 0.15) is 52.9 Å². The van der Waals surface area contributed by atoms with Gasteiger partial charge in [-0.05, 0) is 39.5 Å². The number of unbranched alkanes of at least 4 members (excludes halogenated alkanes) is 1. The lowest BCUT2D eigenvalue weighted by Crippen LogP contribution is -2.39. The third-order valence-electron chi connectivity index (χ3n) is 3.62. The molecule has 2 N–H and O–H groups in total. The second-order valence-electron chi connectivity index (χ2n) is 5.84. The molecule has 6 heteroatoms. The lowest BCUT2D eigenvalue weighted by atomic mass is 10.0. The highest BCUT2D eigenvalue weighted by Gasteiger charge is 2.29. The maximum Gasteiger partial charge on any atom is 0.191 e. The molecule has 1 unspecified atom stereocenters. The molecule has 0 aromatic rings. The van der Waals surface area contributed by atoms with E-state index in [1.54, 1.807) is 0 Å². The van der Waals surface area contributed by atoms with E-state index in [0.717, 1.165) is 71.1 Å². The van der Waals surface area contributed by atoms with Gasteiger partial charge in [-0.25, -0.2) is 0 Å². The smallest absolute Gasteiger partial charge is 0.191 e. The molecule has 1 aliphatic heterocycles. The number of aliphatic imine (C=N–C) groups is 1. The minimum atomic E-state index is -0.0778. The van der Waals surface area contributed by atoms with Crippen molar-refractivity contribution < 1.29 is 9.47 Å². The van der Waals surface area contributed by atoms with E-state index < -0.39 is 0 Å². The predicted octanol–water partition coefficient (Wildman–Crippen LogP) is 2.94. The summed E-state index contributed by atoms with van der Waals surface area (Å²) in [6.07, 6.45) is 5.58. The van der Waals surface area contributed by atoms with Crippen LogP contribution < -0.4 is 10.6 Å². The molecule has 0 saturated carbocycles. The Kier molecular flexibility index (Phi) is 13.3. The molecule has 1 heterocycles. The van der Waals surface area contributed by atoms with Crippen LogP contribution in [0.15, 0.2) is 4.99 Å². The summed E-state index contributed by atoms with van der Waals surface area (Å²) < 4.78 is 11.3. The van der Waals surface area contributed by atoms with E-state index in [1.165, 1.54) is 6.42 Å². The quantitative estimate of drug-likeness (QED) is 0.244. The molecule has 0 amide bonds. The molecule has 0 aromatic carbocycles. The maximum atomic E-state index is 5.77. The summed E-state index contributed by atoms with van der Waals surface area (Å²) in [4.78, 5) is 4.64. The summed E-state index contributed by atoms with van der Waals surface area (Å²) in [5, 5.41) is 6.63. The van der Waals surface area contributed by atoms with E-state index in [4.69, 9.17) is 9.47 Å². The summed E-state index contributed by atoms with van der Waals surface area (Å²) in [6.45, 7) is 11.4. The Balaban J connectivity index is 0.00000441. The van der Waals surface area contributed by atoms with Crippen LogP contribution in [0.3, 0.4) is 0 Å². The highest BCUT2D eigenvalue weighted by atomic mass is 127. The average Bonchev–Trinajstić information content (AvgIpc) is 2.91. The molecule has 1 fully saturated rings.